The summed E-state index contributed by atoms with van der Waals surface area (Å²) >= 11 is 0. The Hall–Kier alpha value is -2.82. The highest BCUT2D eigenvalue weighted by Crippen LogP contribution is 2.20. The molecule has 0 unspecified atom stereocenters. The van der Waals surface area contributed by atoms with E-state index >= 15 is 0 Å². The van der Waals surface area contributed by atoms with E-state index in [2.05, 4.69) is 29.2 Å². The minimum atomic E-state index is -0.0873. The molecule has 0 aromatic heterocycles. The molecule has 1 aliphatic rings. The zero-order valence-electron chi connectivity index (χ0n) is 16.7. The number of piperidine rings is 1. The zero-order chi connectivity index (χ0) is 19.9. The second kappa shape index (κ2) is 9.40. The van der Waals surface area contributed by atoms with Gasteiger partial charge in [-0.15, -0.1) is 0 Å². The molecule has 0 saturated carbocycles. The number of ether oxygens (including phenoxy) is 1. The van der Waals surface area contributed by atoms with Crippen LogP contribution >= 0.6 is 0 Å². The third kappa shape index (κ3) is 5.35. The van der Waals surface area contributed by atoms with E-state index in [0.717, 1.165) is 18.7 Å². The lowest BCUT2D eigenvalue weighted by molar-refractivity contribution is -0.132. The van der Waals surface area contributed by atoms with Crippen LogP contribution in [0.5, 0.6) is 5.75 Å². The lowest BCUT2D eigenvalue weighted by Crippen LogP contribution is -2.31. The lowest BCUT2D eigenvalue weighted by atomic mass is 10.1. The molecule has 1 aliphatic heterocycles. The van der Waals surface area contributed by atoms with Gasteiger partial charge in [0.15, 0.2) is 12.4 Å². The van der Waals surface area contributed by atoms with Gasteiger partial charge in [0.25, 0.3) is 5.91 Å². The second-order valence-corrected chi connectivity index (χ2v) is 7.33. The minimum absolute atomic E-state index is 0.00802. The average molecular weight is 380 g/mol. The topological polar surface area (TPSA) is 49.9 Å². The molecular weight excluding hydrogens is 352 g/mol. The highest BCUT2D eigenvalue weighted by atomic mass is 16.5. The Labute approximate surface area is 166 Å². The molecule has 1 amide bonds. The first-order chi connectivity index (χ1) is 13.5. The molecule has 5 nitrogen and oxygen atoms in total. The summed E-state index contributed by atoms with van der Waals surface area (Å²) in [4.78, 5) is 27.7. The first-order valence-corrected chi connectivity index (χ1v) is 9.84. The van der Waals surface area contributed by atoms with Gasteiger partial charge >= 0.3 is 0 Å². The van der Waals surface area contributed by atoms with Gasteiger partial charge in [0.1, 0.15) is 5.75 Å². The Kier molecular flexibility index (Phi) is 6.69. The first-order valence-electron chi connectivity index (χ1n) is 9.84. The predicted molar refractivity (Wildman–Crippen MR) is 111 cm³/mol. The van der Waals surface area contributed by atoms with Crippen LogP contribution in [0.4, 0.5) is 5.69 Å². The SMILES string of the molecule is CC(=O)c1ccc(OCC(=O)N(C)Cc2ccc(N3CCCCC3)cc2)cc1. The number of carbonyl (C=O) groups excluding carboxylic acids is 2. The number of ketones is 1. The van der Waals surface area contributed by atoms with Gasteiger partial charge in [-0.1, -0.05) is 12.1 Å². The Morgan fingerprint density at radius 2 is 1.61 bits per heavy atom. The number of hydrogen-bond acceptors (Lipinski definition) is 4. The van der Waals surface area contributed by atoms with E-state index in [4.69, 9.17) is 4.74 Å². The van der Waals surface area contributed by atoms with Crippen molar-refractivity contribution >= 4 is 17.4 Å². The van der Waals surface area contributed by atoms with Crippen LogP contribution in [-0.2, 0) is 11.3 Å². The number of nitrogens with zero attached hydrogens (tertiary/aromatic N) is 2. The van der Waals surface area contributed by atoms with Crippen molar-refractivity contribution in [1.82, 2.24) is 4.90 Å². The number of carbonyl (C=O) groups is 2. The molecule has 2 aromatic carbocycles. The quantitative estimate of drug-likeness (QED) is 0.683. The number of hydrogen-bond donors (Lipinski definition) is 0. The molecule has 3 rings (SSSR count). The molecule has 0 aliphatic carbocycles. The third-order valence-corrected chi connectivity index (χ3v) is 5.13. The van der Waals surface area contributed by atoms with Crippen LogP contribution in [0.25, 0.3) is 0 Å². The average Bonchev–Trinajstić information content (AvgIpc) is 2.73. The summed E-state index contributed by atoms with van der Waals surface area (Å²) in [6.07, 6.45) is 3.84. The van der Waals surface area contributed by atoms with Crippen LogP contribution in [0.15, 0.2) is 48.5 Å². The van der Waals surface area contributed by atoms with E-state index in [1.165, 1.54) is 31.9 Å². The highest BCUT2D eigenvalue weighted by molar-refractivity contribution is 5.94. The van der Waals surface area contributed by atoms with E-state index in [-0.39, 0.29) is 18.3 Å². The van der Waals surface area contributed by atoms with Gasteiger partial charge in [0, 0.05) is 37.9 Å². The van der Waals surface area contributed by atoms with Crippen LogP contribution < -0.4 is 9.64 Å². The smallest absolute Gasteiger partial charge is 0.260 e. The van der Waals surface area contributed by atoms with E-state index in [1.54, 1.807) is 36.2 Å². The monoisotopic (exact) mass is 380 g/mol. The fraction of sp³-hybridized carbons (Fsp3) is 0.391. The van der Waals surface area contributed by atoms with Crippen LogP contribution in [0.1, 0.15) is 42.1 Å². The number of likely N-dealkylation sites (N-methyl/N-ethyl adjacent to an activating group) is 1. The van der Waals surface area contributed by atoms with Crippen molar-refractivity contribution in [2.75, 3.05) is 31.6 Å². The van der Waals surface area contributed by atoms with Crippen molar-refractivity contribution in [3.63, 3.8) is 0 Å². The number of amides is 1. The maximum Gasteiger partial charge on any atom is 0.260 e. The molecule has 0 bridgehead atoms. The summed E-state index contributed by atoms with van der Waals surface area (Å²) in [5.74, 6) is 0.502. The van der Waals surface area contributed by atoms with Crippen molar-refractivity contribution < 1.29 is 14.3 Å². The summed E-state index contributed by atoms with van der Waals surface area (Å²) in [5, 5.41) is 0. The fourth-order valence-corrected chi connectivity index (χ4v) is 3.37. The summed E-state index contributed by atoms with van der Waals surface area (Å²) in [6.45, 7) is 4.30. The number of Topliss-reactive ketones (excluding diaryl/α,β-unsaturated/α-hetero) is 1. The highest BCUT2D eigenvalue weighted by Gasteiger charge is 2.13. The van der Waals surface area contributed by atoms with Crippen LogP contribution in [0.2, 0.25) is 0 Å². The Morgan fingerprint density at radius 1 is 0.964 bits per heavy atom. The molecule has 5 heteroatoms. The molecule has 1 saturated heterocycles. The van der Waals surface area contributed by atoms with Gasteiger partial charge in [-0.3, -0.25) is 9.59 Å². The van der Waals surface area contributed by atoms with Crippen LogP contribution in [0.3, 0.4) is 0 Å². The van der Waals surface area contributed by atoms with E-state index in [1.807, 2.05) is 0 Å². The van der Waals surface area contributed by atoms with Crippen molar-refractivity contribution in [3.8, 4) is 5.75 Å². The lowest BCUT2D eigenvalue weighted by Gasteiger charge is -2.29. The zero-order valence-corrected chi connectivity index (χ0v) is 16.7. The van der Waals surface area contributed by atoms with Crippen molar-refractivity contribution in [3.05, 3.63) is 59.7 Å². The first kappa shape index (κ1) is 19.9. The van der Waals surface area contributed by atoms with Gasteiger partial charge in [-0.05, 0) is 68.1 Å². The number of benzene rings is 2. The molecule has 1 heterocycles. The Balaban J connectivity index is 1.48. The van der Waals surface area contributed by atoms with Crippen molar-refractivity contribution in [2.24, 2.45) is 0 Å². The number of rotatable bonds is 7. The Bertz CT molecular complexity index is 794. The van der Waals surface area contributed by atoms with Gasteiger partial charge < -0.3 is 14.5 Å². The van der Waals surface area contributed by atoms with Crippen LogP contribution in [-0.4, -0.2) is 43.3 Å². The maximum atomic E-state index is 12.3. The largest absolute Gasteiger partial charge is 0.484 e. The second-order valence-electron chi connectivity index (χ2n) is 7.33. The molecule has 1 fully saturated rings. The summed E-state index contributed by atoms with van der Waals surface area (Å²) in [5.41, 5.74) is 2.99. The minimum Gasteiger partial charge on any atom is -0.484 e. The van der Waals surface area contributed by atoms with E-state index in [9.17, 15) is 9.59 Å². The summed E-state index contributed by atoms with van der Waals surface area (Å²) < 4.78 is 5.55. The third-order valence-electron chi connectivity index (χ3n) is 5.13. The summed E-state index contributed by atoms with van der Waals surface area (Å²) in [6, 6.07) is 15.3. The summed E-state index contributed by atoms with van der Waals surface area (Å²) in [7, 11) is 1.78. The molecule has 148 valence electrons. The molecule has 0 atom stereocenters. The van der Waals surface area contributed by atoms with Gasteiger partial charge in [-0.2, -0.15) is 0 Å². The van der Waals surface area contributed by atoms with Gasteiger partial charge in [0.05, 0.1) is 0 Å². The predicted octanol–water partition coefficient (Wildman–Crippen LogP) is 3.92. The molecule has 0 radical (unpaired) electrons. The standard InChI is InChI=1S/C23H28N2O3/c1-18(26)20-8-12-22(13-9-20)28-17-23(27)24(2)16-19-6-10-21(11-7-19)25-14-4-3-5-15-25/h6-13H,3-5,14-17H2,1-2H3. The number of anilines is 1. The normalized spacial score (nSPS) is 13.9. The molecule has 0 spiro atoms. The molecular formula is C23H28N2O3. The fourth-order valence-electron chi connectivity index (χ4n) is 3.37. The maximum absolute atomic E-state index is 12.3. The van der Waals surface area contributed by atoms with E-state index < -0.39 is 0 Å². The molecule has 2 aromatic rings. The molecule has 28 heavy (non-hydrogen) atoms. The van der Waals surface area contributed by atoms with Crippen molar-refractivity contribution in [2.45, 2.75) is 32.7 Å². The van der Waals surface area contributed by atoms with Gasteiger partial charge in [0.2, 0.25) is 0 Å². The Morgan fingerprint density at radius 3 is 2.21 bits per heavy atom. The molecule has 0 N–H and O–H groups in total. The van der Waals surface area contributed by atoms with Crippen LogP contribution in [0, 0.1) is 0 Å². The van der Waals surface area contributed by atoms with Crippen molar-refractivity contribution in [1.29, 1.82) is 0 Å². The van der Waals surface area contributed by atoms with Gasteiger partial charge in [-0.25, -0.2) is 0 Å². The van der Waals surface area contributed by atoms with E-state index in [0.29, 0.717) is 17.9 Å².